The lowest BCUT2D eigenvalue weighted by Crippen LogP contribution is -2.44. The highest BCUT2D eigenvalue weighted by atomic mass is 16.3. The van der Waals surface area contributed by atoms with Crippen molar-refractivity contribution in [2.45, 2.75) is 106 Å². The highest BCUT2D eigenvalue weighted by Gasteiger charge is 2.40. The molecule has 3 aliphatic rings. The number of allylic oxidation sites excluding steroid dienone is 1. The van der Waals surface area contributed by atoms with Gasteiger partial charge in [0.15, 0.2) is 0 Å². The fourth-order valence-electron chi connectivity index (χ4n) is 6.98. The molecule has 2 atom stereocenters. The summed E-state index contributed by atoms with van der Waals surface area (Å²) >= 11 is 0. The van der Waals surface area contributed by atoms with E-state index in [4.69, 9.17) is 0 Å². The molecule has 1 aliphatic heterocycles. The summed E-state index contributed by atoms with van der Waals surface area (Å²) in [5.41, 5.74) is 3.58. The van der Waals surface area contributed by atoms with Crippen LogP contribution in [0.15, 0.2) is 47.4 Å². The minimum absolute atomic E-state index is 0.144. The Bertz CT molecular complexity index is 1260. The minimum atomic E-state index is -0.923. The summed E-state index contributed by atoms with van der Waals surface area (Å²) in [4.78, 5) is 20.1. The molecule has 0 saturated heterocycles. The number of aliphatic imine (C=N–C) groups is 1. The Morgan fingerprint density at radius 2 is 1.95 bits per heavy atom. The highest BCUT2D eigenvalue weighted by Crippen LogP contribution is 2.49. The van der Waals surface area contributed by atoms with Gasteiger partial charge >= 0.3 is 0 Å². The van der Waals surface area contributed by atoms with E-state index in [1.165, 1.54) is 30.5 Å². The van der Waals surface area contributed by atoms with Gasteiger partial charge in [-0.2, -0.15) is 5.26 Å². The van der Waals surface area contributed by atoms with Crippen LogP contribution in [0.4, 0.5) is 5.69 Å². The van der Waals surface area contributed by atoms with Crippen molar-refractivity contribution < 1.29 is 9.90 Å². The van der Waals surface area contributed by atoms with Gasteiger partial charge in [0.2, 0.25) is 5.91 Å². The maximum absolute atomic E-state index is 11.8. The number of anilines is 1. The van der Waals surface area contributed by atoms with Crippen molar-refractivity contribution in [3.05, 3.63) is 53.5 Å². The average Bonchev–Trinajstić information content (AvgIpc) is 3.76. The van der Waals surface area contributed by atoms with Crippen molar-refractivity contribution in [2.24, 2.45) is 27.7 Å². The summed E-state index contributed by atoms with van der Waals surface area (Å²) < 4.78 is 0. The van der Waals surface area contributed by atoms with E-state index in [-0.39, 0.29) is 17.2 Å². The fraction of sp³-hybridized carbons (Fsp3) is 0.639. The van der Waals surface area contributed by atoms with Crippen LogP contribution in [0, 0.1) is 40.9 Å². The quantitative estimate of drug-likeness (QED) is 0.332. The van der Waals surface area contributed by atoms with Gasteiger partial charge in [0, 0.05) is 31.4 Å². The third-order valence-electron chi connectivity index (χ3n) is 8.67. The molecule has 0 unspecified atom stereocenters. The molecule has 0 spiro atoms. The van der Waals surface area contributed by atoms with Crippen LogP contribution in [0.2, 0.25) is 0 Å². The second-order valence-corrected chi connectivity index (χ2v) is 14.8. The second kappa shape index (κ2) is 14.1. The van der Waals surface area contributed by atoms with E-state index in [1.807, 2.05) is 12.1 Å². The maximum Gasteiger partial charge on any atom is 0.230 e. The number of benzene rings is 1. The molecule has 2 aliphatic carbocycles. The van der Waals surface area contributed by atoms with Crippen molar-refractivity contribution in [3.63, 3.8) is 0 Å². The molecular weight excluding hydrogens is 534 g/mol. The normalized spacial score (nSPS) is 23.2. The Balaban J connectivity index is 0.000000257. The number of carbonyl (C=O) groups is 1. The van der Waals surface area contributed by atoms with E-state index in [9.17, 15) is 15.2 Å². The van der Waals surface area contributed by atoms with Gasteiger partial charge in [-0.25, -0.2) is 4.99 Å². The molecule has 2 fully saturated rings. The number of rotatable bonds is 8. The van der Waals surface area contributed by atoms with Crippen LogP contribution in [0.1, 0.15) is 105 Å². The number of amides is 1. The highest BCUT2D eigenvalue weighted by molar-refractivity contribution is 6.01. The average molecular weight is 590 g/mol. The minimum Gasteiger partial charge on any atom is -0.384 e. The van der Waals surface area contributed by atoms with Crippen LogP contribution in [0.25, 0.3) is 0 Å². The lowest BCUT2D eigenvalue weighted by molar-refractivity contribution is -0.127. The Kier molecular flexibility index (Phi) is 11.3. The topological polar surface area (TPSA) is 92.0 Å². The zero-order chi connectivity index (χ0) is 32.0. The van der Waals surface area contributed by atoms with Gasteiger partial charge < -0.3 is 20.2 Å². The van der Waals surface area contributed by atoms with Crippen LogP contribution in [-0.4, -0.2) is 47.5 Å². The van der Waals surface area contributed by atoms with Crippen LogP contribution < -0.4 is 10.2 Å². The van der Waals surface area contributed by atoms with Gasteiger partial charge in [0.25, 0.3) is 0 Å². The monoisotopic (exact) mass is 589 g/mol. The Labute approximate surface area is 260 Å². The van der Waals surface area contributed by atoms with Crippen LogP contribution in [0.5, 0.6) is 0 Å². The number of amidine groups is 1. The van der Waals surface area contributed by atoms with Crippen molar-refractivity contribution in [1.82, 2.24) is 10.2 Å². The maximum atomic E-state index is 11.8. The first-order valence-corrected chi connectivity index (χ1v) is 16.0. The Morgan fingerprint density at radius 3 is 2.49 bits per heavy atom. The fourth-order valence-corrected chi connectivity index (χ4v) is 6.98. The summed E-state index contributed by atoms with van der Waals surface area (Å²) in [6.07, 6.45) is 14.2. The molecule has 1 aromatic carbocycles. The van der Waals surface area contributed by atoms with E-state index >= 15 is 0 Å². The molecule has 0 aromatic heterocycles. The largest absolute Gasteiger partial charge is 0.384 e. The van der Waals surface area contributed by atoms with Crippen molar-refractivity contribution in [1.29, 1.82) is 5.26 Å². The predicted octanol–water partition coefficient (Wildman–Crippen LogP) is 7.31. The van der Waals surface area contributed by atoms with E-state index in [0.717, 1.165) is 43.7 Å². The van der Waals surface area contributed by atoms with Crippen LogP contribution in [-0.2, 0) is 4.79 Å². The SMILES string of the molecule is CCC/C=C/N(C[C@]1(C)C[C@H](C)CC(C)(C)C1)c1cc(C#N)ccc1C.CN(C(=O)C1CC1)C1=NC=C(C(C)(C)O)NC1. The van der Waals surface area contributed by atoms with Crippen molar-refractivity contribution in [2.75, 3.05) is 25.0 Å². The molecule has 0 radical (unpaired) electrons. The molecule has 1 amide bonds. The molecule has 2 saturated carbocycles. The van der Waals surface area contributed by atoms with E-state index < -0.39 is 5.60 Å². The van der Waals surface area contributed by atoms with Gasteiger partial charge in [-0.15, -0.1) is 0 Å². The first-order chi connectivity index (χ1) is 20.1. The Morgan fingerprint density at radius 1 is 1.26 bits per heavy atom. The number of nitrogens with one attached hydrogen (secondary N) is 1. The van der Waals surface area contributed by atoms with Crippen molar-refractivity contribution in [3.8, 4) is 6.07 Å². The number of carbonyl (C=O) groups excluding carboxylic acids is 1. The Hall–Kier alpha value is -3.11. The second-order valence-electron chi connectivity index (χ2n) is 14.8. The number of aryl methyl sites for hydroxylation is 1. The zero-order valence-corrected chi connectivity index (χ0v) is 28.1. The third-order valence-corrected chi connectivity index (χ3v) is 8.67. The van der Waals surface area contributed by atoms with Gasteiger partial charge in [-0.3, -0.25) is 4.79 Å². The molecule has 236 valence electrons. The van der Waals surface area contributed by atoms with Gasteiger partial charge in [-0.1, -0.05) is 53.2 Å². The standard InChI is InChI=1S/C24H36N2.C12H19N3O2/c1-7-8-9-12-26(22-13-21(16-25)11-10-20(22)3)18-24(6)15-19(2)14-23(4,5)17-24;1-12(2,17)9-6-14-10(7-13-9)15(3)11(16)8-4-5-8/h9-13,19H,7-8,14-15,17-18H2,1-6H3;6,8,13,17H,4-5,7H2,1-3H3/b12-9+;/t19-,24-;/m1./s1. The molecule has 2 N–H and O–H groups in total. The number of aliphatic hydroxyl groups is 1. The number of hydrogen-bond acceptors (Lipinski definition) is 6. The summed E-state index contributed by atoms with van der Waals surface area (Å²) in [6.45, 7) is 18.9. The lowest BCUT2D eigenvalue weighted by atomic mass is 9.61. The number of nitrogens with zero attached hydrogens (tertiary/aromatic N) is 4. The first kappa shape index (κ1) is 34.4. The smallest absolute Gasteiger partial charge is 0.230 e. The number of likely N-dealkylation sites (N-methyl/N-ethyl adjacent to an activating group) is 1. The number of nitriles is 1. The summed E-state index contributed by atoms with van der Waals surface area (Å²) in [5.74, 6) is 1.81. The molecule has 7 nitrogen and oxygen atoms in total. The molecule has 1 heterocycles. The van der Waals surface area contributed by atoms with E-state index in [2.05, 4.69) is 81.2 Å². The van der Waals surface area contributed by atoms with E-state index in [1.54, 1.807) is 32.0 Å². The third kappa shape index (κ3) is 9.96. The molecule has 43 heavy (non-hydrogen) atoms. The van der Waals surface area contributed by atoms with Gasteiger partial charge in [0.05, 0.1) is 35.7 Å². The van der Waals surface area contributed by atoms with Gasteiger partial charge in [-0.05, 0) is 93.7 Å². The summed E-state index contributed by atoms with van der Waals surface area (Å²) in [7, 11) is 1.75. The lowest BCUT2D eigenvalue weighted by Gasteiger charge is -2.48. The number of hydrogen-bond donors (Lipinski definition) is 2. The van der Waals surface area contributed by atoms with Crippen molar-refractivity contribution >= 4 is 17.4 Å². The molecule has 7 heteroatoms. The first-order valence-electron chi connectivity index (χ1n) is 16.0. The molecule has 4 rings (SSSR count). The molecule has 0 bridgehead atoms. The van der Waals surface area contributed by atoms with Crippen LogP contribution >= 0.6 is 0 Å². The summed E-state index contributed by atoms with van der Waals surface area (Å²) in [5, 5.41) is 22.2. The molecule has 1 aromatic rings. The predicted molar refractivity (Wildman–Crippen MR) is 178 cm³/mol. The summed E-state index contributed by atoms with van der Waals surface area (Å²) in [6, 6.07) is 8.34. The van der Waals surface area contributed by atoms with E-state index in [0.29, 0.717) is 23.5 Å². The zero-order valence-electron chi connectivity index (χ0n) is 28.1. The van der Waals surface area contributed by atoms with Crippen LogP contribution in [0.3, 0.4) is 0 Å². The molecular formula is C36H55N5O2. The number of unbranched alkanes of at least 4 members (excludes halogenated alkanes) is 1. The van der Waals surface area contributed by atoms with Gasteiger partial charge in [0.1, 0.15) is 5.84 Å².